The molecule has 0 atom stereocenters. The van der Waals surface area contributed by atoms with Crippen LogP contribution >= 0.6 is 0 Å². The van der Waals surface area contributed by atoms with E-state index in [9.17, 15) is 4.79 Å². The van der Waals surface area contributed by atoms with Crippen molar-refractivity contribution in [3.8, 4) is 17.3 Å². The van der Waals surface area contributed by atoms with Gasteiger partial charge in [0, 0.05) is 10.9 Å². The SMILES string of the molecule is N#Cc1ccc(C=NNC(=O)c2cc(-c3ccccc3)nc3ccccc23)cc1. The number of rotatable bonds is 4. The Bertz CT molecular complexity index is 1240. The van der Waals surface area contributed by atoms with Gasteiger partial charge in [0.2, 0.25) is 0 Å². The van der Waals surface area contributed by atoms with E-state index in [-0.39, 0.29) is 5.91 Å². The Kier molecular flexibility index (Phi) is 5.08. The van der Waals surface area contributed by atoms with E-state index in [1.54, 1.807) is 36.5 Å². The molecule has 1 N–H and O–H groups in total. The second-order valence-corrected chi connectivity index (χ2v) is 6.37. The minimum atomic E-state index is -0.314. The molecular formula is C24H16N4O. The van der Waals surface area contributed by atoms with E-state index in [0.29, 0.717) is 11.1 Å². The number of carbonyl (C=O) groups excluding carboxylic acids is 1. The lowest BCUT2D eigenvalue weighted by Crippen LogP contribution is -2.18. The zero-order valence-electron chi connectivity index (χ0n) is 15.4. The van der Waals surface area contributed by atoms with Crippen LogP contribution in [-0.4, -0.2) is 17.1 Å². The highest BCUT2D eigenvalue weighted by atomic mass is 16.2. The van der Waals surface area contributed by atoms with E-state index in [4.69, 9.17) is 5.26 Å². The number of hydrogen-bond donors (Lipinski definition) is 1. The van der Waals surface area contributed by atoms with Crippen LogP contribution in [0.1, 0.15) is 21.5 Å². The summed E-state index contributed by atoms with van der Waals surface area (Å²) < 4.78 is 0. The van der Waals surface area contributed by atoms with Gasteiger partial charge in [-0.25, -0.2) is 10.4 Å². The van der Waals surface area contributed by atoms with Crippen LogP contribution in [0.25, 0.3) is 22.2 Å². The Hall–Kier alpha value is -4.30. The minimum Gasteiger partial charge on any atom is -0.267 e. The molecule has 4 aromatic rings. The molecule has 4 rings (SSSR count). The van der Waals surface area contributed by atoms with Crippen LogP contribution in [0.2, 0.25) is 0 Å². The highest BCUT2D eigenvalue weighted by molar-refractivity contribution is 6.07. The van der Waals surface area contributed by atoms with Gasteiger partial charge in [-0.05, 0) is 29.8 Å². The maximum atomic E-state index is 12.8. The number of fused-ring (bicyclic) bond motifs is 1. The zero-order valence-corrected chi connectivity index (χ0v) is 15.4. The van der Waals surface area contributed by atoms with Crippen molar-refractivity contribution in [3.63, 3.8) is 0 Å². The third-order valence-electron chi connectivity index (χ3n) is 4.45. The van der Waals surface area contributed by atoms with Gasteiger partial charge in [-0.2, -0.15) is 10.4 Å². The van der Waals surface area contributed by atoms with Crippen LogP contribution in [0.5, 0.6) is 0 Å². The number of amides is 1. The molecule has 0 saturated heterocycles. The van der Waals surface area contributed by atoms with E-state index in [0.717, 1.165) is 27.7 Å². The largest absolute Gasteiger partial charge is 0.272 e. The number of nitriles is 1. The number of nitrogens with zero attached hydrogens (tertiary/aromatic N) is 3. The smallest absolute Gasteiger partial charge is 0.267 e. The lowest BCUT2D eigenvalue weighted by atomic mass is 10.0. The average Bonchev–Trinajstić information content (AvgIpc) is 2.79. The molecule has 5 nitrogen and oxygen atoms in total. The van der Waals surface area contributed by atoms with Crippen molar-refractivity contribution < 1.29 is 4.79 Å². The molecular weight excluding hydrogens is 360 g/mol. The predicted molar refractivity (Wildman–Crippen MR) is 113 cm³/mol. The molecule has 1 heterocycles. The summed E-state index contributed by atoms with van der Waals surface area (Å²) in [5, 5.41) is 13.7. The Morgan fingerprint density at radius 1 is 0.966 bits per heavy atom. The number of nitrogens with one attached hydrogen (secondary N) is 1. The third-order valence-corrected chi connectivity index (χ3v) is 4.45. The Morgan fingerprint density at radius 2 is 1.69 bits per heavy atom. The molecule has 0 aliphatic heterocycles. The zero-order chi connectivity index (χ0) is 20.1. The van der Waals surface area contributed by atoms with Crippen molar-refractivity contribution in [1.82, 2.24) is 10.4 Å². The number of carbonyl (C=O) groups is 1. The number of aromatic nitrogens is 1. The van der Waals surface area contributed by atoms with Gasteiger partial charge < -0.3 is 0 Å². The third kappa shape index (κ3) is 4.02. The quantitative estimate of drug-likeness (QED) is 0.420. The highest BCUT2D eigenvalue weighted by Crippen LogP contribution is 2.24. The van der Waals surface area contributed by atoms with Crippen LogP contribution in [0.15, 0.2) is 90.0 Å². The van der Waals surface area contributed by atoms with E-state index in [1.165, 1.54) is 0 Å². The summed E-state index contributed by atoms with van der Waals surface area (Å²) in [5.41, 5.74) is 6.86. The van der Waals surface area contributed by atoms with Gasteiger partial charge in [-0.15, -0.1) is 0 Å². The molecule has 29 heavy (non-hydrogen) atoms. The van der Waals surface area contributed by atoms with Gasteiger partial charge in [-0.1, -0.05) is 60.7 Å². The summed E-state index contributed by atoms with van der Waals surface area (Å²) in [7, 11) is 0. The van der Waals surface area contributed by atoms with Gasteiger partial charge in [0.05, 0.1) is 34.6 Å². The molecule has 0 unspecified atom stereocenters. The first-order valence-corrected chi connectivity index (χ1v) is 9.03. The summed E-state index contributed by atoms with van der Waals surface area (Å²) in [4.78, 5) is 17.5. The summed E-state index contributed by atoms with van der Waals surface area (Å²) in [6.45, 7) is 0. The Labute approximate surface area is 168 Å². The molecule has 1 aromatic heterocycles. The number of hydrazone groups is 1. The molecule has 1 amide bonds. The summed E-state index contributed by atoms with van der Waals surface area (Å²) in [6.07, 6.45) is 1.54. The second kappa shape index (κ2) is 8.15. The first-order chi connectivity index (χ1) is 14.2. The van der Waals surface area contributed by atoms with Crippen molar-refractivity contribution in [2.75, 3.05) is 0 Å². The van der Waals surface area contributed by atoms with Gasteiger partial charge in [0.15, 0.2) is 0 Å². The molecule has 0 fully saturated rings. The molecule has 3 aromatic carbocycles. The first-order valence-electron chi connectivity index (χ1n) is 9.03. The number of hydrogen-bond acceptors (Lipinski definition) is 4. The standard InChI is InChI=1S/C24H16N4O/c25-15-17-10-12-18(13-11-17)16-26-28-24(29)21-14-23(19-6-2-1-3-7-19)27-22-9-5-4-8-20(21)22/h1-14,16H,(H,28,29). The summed E-state index contributed by atoms with van der Waals surface area (Å²) >= 11 is 0. The lowest BCUT2D eigenvalue weighted by Gasteiger charge is -2.09. The van der Waals surface area contributed by atoms with Crippen molar-refractivity contribution in [2.45, 2.75) is 0 Å². The number of benzene rings is 3. The molecule has 0 radical (unpaired) electrons. The fraction of sp³-hybridized carbons (Fsp3) is 0. The van der Waals surface area contributed by atoms with Gasteiger partial charge in [0.25, 0.3) is 5.91 Å². The van der Waals surface area contributed by atoms with Crippen LogP contribution in [-0.2, 0) is 0 Å². The molecule has 0 aliphatic carbocycles. The maximum absolute atomic E-state index is 12.8. The highest BCUT2D eigenvalue weighted by Gasteiger charge is 2.13. The summed E-state index contributed by atoms with van der Waals surface area (Å²) in [6, 6.07) is 28.1. The van der Waals surface area contributed by atoms with E-state index < -0.39 is 0 Å². The Morgan fingerprint density at radius 3 is 2.45 bits per heavy atom. The van der Waals surface area contributed by atoms with Crippen molar-refractivity contribution >= 4 is 23.0 Å². The van der Waals surface area contributed by atoms with Crippen LogP contribution in [0.3, 0.4) is 0 Å². The van der Waals surface area contributed by atoms with Gasteiger partial charge in [0.1, 0.15) is 0 Å². The second-order valence-electron chi connectivity index (χ2n) is 6.37. The lowest BCUT2D eigenvalue weighted by molar-refractivity contribution is 0.0956. The molecule has 0 bridgehead atoms. The van der Waals surface area contributed by atoms with Gasteiger partial charge >= 0.3 is 0 Å². The number of pyridine rings is 1. The molecule has 0 spiro atoms. The minimum absolute atomic E-state index is 0.314. The van der Waals surface area contributed by atoms with Crippen molar-refractivity contribution in [1.29, 1.82) is 5.26 Å². The molecule has 0 aliphatic rings. The van der Waals surface area contributed by atoms with Crippen LogP contribution in [0, 0.1) is 11.3 Å². The van der Waals surface area contributed by atoms with Crippen LogP contribution < -0.4 is 5.43 Å². The van der Waals surface area contributed by atoms with E-state index >= 15 is 0 Å². The monoisotopic (exact) mass is 376 g/mol. The normalized spacial score (nSPS) is 10.7. The first kappa shape index (κ1) is 18.1. The number of para-hydroxylation sites is 1. The summed E-state index contributed by atoms with van der Waals surface area (Å²) in [5.74, 6) is -0.314. The van der Waals surface area contributed by atoms with Crippen LogP contribution in [0.4, 0.5) is 0 Å². The molecule has 5 heteroatoms. The van der Waals surface area contributed by atoms with Gasteiger partial charge in [-0.3, -0.25) is 4.79 Å². The molecule has 138 valence electrons. The molecule has 0 saturated carbocycles. The predicted octanol–water partition coefficient (Wildman–Crippen LogP) is 4.54. The van der Waals surface area contributed by atoms with E-state index in [2.05, 4.69) is 21.6 Å². The average molecular weight is 376 g/mol. The topological polar surface area (TPSA) is 78.1 Å². The maximum Gasteiger partial charge on any atom is 0.272 e. The Balaban J connectivity index is 1.64. The van der Waals surface area contributed by atoms with Crippen molar-refractivity contribution in [3.05, 3.63) is 102 Å². The van der Waals surface area contributed by atoms with E-state index in [1.807, 2.05) is 54.6 Å². The van der Waals surface area contributed by atoms with Crippen molar-refractivity contribution in [2.24, 2.45) is 5.10 Å². The fourth-order valence-corrected chi connectivity index (χ4v) is 2.99. The fourth-order valence-electron chi connectivity index (χ4n) is 2.99.